The van der Waals surface area contributed by atoms with Crippen molar-refractivity contribution in [1.82, 2.24) is 4.90 Å². The second kappa shape index (κ2) is 5.53. The highest BCUT2D eigenvalue weighted by molar-refractivity contribution is 5.82. The molecule has 2 N–H and O–H groups in total. The van der Waals surface area contributed by atoms with Crippen molar-refractivity contribution in [2.24, 2.45) is 5.73 Å². The minimum Gasteiger partial charge on any atom is -0.334 e. The molecule has 1 heterocycles. The van der Waals surface area contributed by atoms with Gasteiger partial charge in [0, 0.05) is 6.54 Å². The fourth-order valence-electron chi connectivity index (χ4n) is 2.72. The predicted molar refractivity (Wildman–Crippen MR) is 73.2 cm³/mol. The lowest BCUT2D eigenvalue weighted by atomic mass is 9.93. The number of hydrogen-bond donors (Lipinski definition) is 1. The van der Waals surface area contributed by atoms with E-state index >= 15 is 0 Å². The van der Waals surface area contributed by atoms with Gasteiger partial charge in [-0.1, -0.05) is 37.6 Å². The van der Waals surface area contributed by atoms with E-state index < -0.39 is 0 Å². The van der Waals surface area contributed by atoms with Crippen LogP contribution >= 0.6 is 0 Å². The number of carbonyl (C=O) groups excluding carboxylic acids is 1. The van der Waals surface area contributed by atoms with Gasteiger partial charge in [-0.2, -0.15) is 0 Å². The monoisotopic (exact) mass is 246 g/mol. The molecule has 0 bridgehead atoms. The molecule has 2 atom stereocenters. The van der Waals surface area contributed by atoms with Gasteiger partial charge in [-0.3, -0.25) is 4.79 Å². The quantitative estimate of drug-likeness (QED) is 0.889. The molecule has 1 aromatic rings. The number of nitrogens with two attached hydrogens (primary N) is 1. The van der Waals surface area contributed by atoms with Gasteiger partial charge in [0.1, 0.15) is 0 Å². The first-order valence-corrected chi connectivity index (χ1v) is 6.79. The van der Waals surface area contributed by atoms with Gasteiger partial charge in [-0.15, -0.1) is 0 Å². The Labute approximate surface area is 109 Å². The lowest BCUT2D eigenvalue weighted by Gasteiger charge is -2.36. The van der Waals surface area contributed by atoms with Crippen molar-refractivity contribution in [3.05, 3.63) is 35.4 Å². The normalized spacial score (nSPS) is 20.4. The van der Waals surface area contributed by atoms with E-state index in [1.807, 2.05) is 11.0 Å². The van der Waals surface area contributed by atoms with Gasteiger partial charge in [-0.05, 0) is 30.9 Å². The van der Waals surface area contributed by atoms with Gasteiger partial charge < -0.3 is 10.6 Å². The maximum atomic E-state index is 12.3. The van der Waals surface area contributed by atoms with E-state index in [-0.39, 0.29) is 18.0 Å². The molecule has 0 radical (unpaired) electrons. The summed E-state index contributed by atoms with van der Waals surface area (Å²) in [7, 11) is 0. The van der Waals surface area contributed by atoms with Crippen molar-refractivity contribution in [3.63, 3.8) is 0 Å². The lowest BCUT2D eigenvalue weighted by Crippen LogP contribution is -2.47. The maximum absolute atomic E-state index is 12.3. The molecule has 98 valence electrons. The summed E-state index contributed by atoms with van der Waals surface area (Å²) in [4.78, 5) is 14.2. The number of benzene rings is 1. The van der Waals surface area contributed by atoms with Gasteiger partial charge >= 0.3 is 0 Å². The number of fused-ring (bicyclic) bond motifs is 1. The van der Waals surface area contributed by atoms with Crippen molar-refractivity contribution in [1.29, 1.82) is 0 Å². The number of amides is 1. The molecule has 0 saturated carbocycles. The molecule has 0 spiro atoms. The van der Waals surface area contributed by atoms with E-state index in [2.05, 4.69) is 32.0 Å². The van der Waals surface area contributed by atoms with E-state index in [9.17, 15) is 4.79 Å². The fraction of sp³-hybridized carbons (Fsp3) is 0.533. The molecule has 1 amide bonds. The van der Waals surface area contributed by atoms with Gasteiger partial charge in [-0.25, -0.2) is 0 Å². The Kier molecular flexibility index (Phi) is 4.02. The summed E-state index contributed by atoms with van der Waals surface area (Å²) < 4.78 is 0. The number of rotatable bonds is 3. The molecular weight excluding hydrogens is 224 g/mol. The van der Waals surface area contributed by atoms with Crippen LogP contribution in [0.4, 0.5) is 0 Å². The van der Waals surface area contributed by atoms with Crippen molar-refractivity contribution >= 4 is 5.91 Å². The van der Waals surface area contributed by atoms with Crippen molar-refractivity contribution in [2.75, 3.05) is 6.54 Å². The molecule has 18 heavy (non-hydrogen) atoms. The molecular formula is C15H22N2O. The van der Waals surface area contributed by atoms with Gasteiger partial charge in [0.25, 0.3) is 0 Å². The van der Waals surface area contributed by atoms with Crippen LogP contribution in [0.3, 0.4) is 0 Å². The van der Waals surface area contributed by atoms with Crippen LogP contribution in [-0.2, 0) is 11.2 Å². The SMILES string of the molecule is CCCC(N)C(=O)N1CCc2ccccc2C1C. The Morgan fingerprint density at radius 2 is 2.22 bits per heavy atom. The standard InChI is InChI=1S/C15H22N2O/c1-3-6-14(16)15(18)17-10-9-12-7-4-5-8-13(12)11(17)2/h4-5,7-8,11,14H,3,6,9-10,16H2,1-2H3. The topological polar surface area (TPSA) is 46.3 Å². The van der Waals surface area contributed by atoms with Crippen LogP contribution in [-0.4, -0.2) is 23.4 Å². The molecule has 1 aliphatic rings. The number of hydrogen-bond acceptors (Lipinski definition) is 2. The average molecular weight is 246 g/mol. The van der Waals surface area contributed by atoms with E-state index in [1.54, 1.807) is 0 Å². The van der Waals surface area contributed by atoms with Crippen LogP contribution in [0.1, 0.15) is 43.9 Å². The first-order valence-electron chi connectivity index (χ1n) is 6.79. The third-order valence-corrected chi connectivity index (χ3v) is 3.79. The fourth-order valence-corrected chi connectivity index (χ4v) is 2.72. The third-order valence-electron chi connectivity index (χ3n) is 3.79. The molecule has 0 aliphatic carbocycles. The third kappa shape index (κ3) is 2.41. The van der Waals surface area contributed by atoms with Crippen LogP contribution in [0.15, 0.2) is 24.3 Å². The first kappa shape index (κ1) is 13.1. The van der Waals surface area contributed by atoms with Crippen LogP contribution in [0.25, 0.3) is 0 Å². The van der Waals surface area contributed by atoms with Crippen LogP contribution in [0.2, 0.25) is 0 Å². The van der Waals surface area contributed by atoms with E-state index in [0.717, 1.165) is 25.8 Å². The second-order valence-corrected chi connectivity index (χ2v) is 5.05. The first-order chi connectivity index (χ1) is 8.65. The molecule has 0 saturated heterocycles. The Morgan fingerprint density at radius 3 is 2.94 bits per heavy atom. The van der Waals surface area contributed by atoms with Crippen LogP contribution in [0.5, 0.6) is 0 Å². The van der Waals surface area contributed by atoms with Crippen LogP contribution in [0, 0.1) is 0 Å². The Balaban J connectivity index is 2.16. The highest BCUT2D eigenvalue weighted by Crippen LogP contribution is 2.29. The van der Waals surface area contributed by atoms with Crippen molar-refractivity contribution < 1.29 is 4.79 Å². The van der Waals surface area contributed by atoms with Gasteiger partial charge in [0.2, 0.25) is 5.91 Å². The molecule has 2 rings (SSSR count). The smallest absolute Gasteiger partial charge is 0.239 e. The summed E-state index contributed by atoms with van der Waals surface area (Å²) in [6.45, 7) is 4.94. The summed E-state index contributed by atoms with van der Waals surface area (Å²) in [6.07, 6.45) is 2.65. The molecule has 3 heteroatoms. The van der Waals surface area contributed by atoms with E-state index in [0.29, 0.717) is 0 Å². The Bertz CT molecular complexity index is 430. The highest BCUT2D eigenvalue weighted by atomic mass is 16.2. The summed E-state index contributed by atoms with van der Waals surface area (Å²) in [6, 6.07) is 8.17. The van der Waals surface area contributed by atoms with Gasteiger partial charge in [0.15, 0.2) is 0 Å². The molecule has 1 aromatic carbocycles. The molecule has 0 aromatic heterocycles. The van der Waals surface area contributed by atoms with E-state index in [4.69, 9.17) is 5.73 Å². The molecule has 1 aliphatic heterocycles. The largest absolute Gasteiger partial charge is 0.334 e. The molecule has 3 nitrogen and oxygen atoms in total. The van der Waals surface area contributed by atoms with Gasteiger partial charge in [0.05, 0.1) is 12.1 Å². The zero-order valence-corrected chi connectivity index (χ0v) is 11.2. The maximum Gasteiger partial charge on any atom is 0.239 e. The lowest BCUT2D eigenvalue weighted by molar-refractivity contribution is -0.135. The summed E-state index contributed by atoms with van der Waals surface area (Å²) in [5.74, 6) is 0.0962. The minimum atomic E-state index is -0.345. The zero-order valence-electron chi connectivity index (χ0n) is 11.2. The van der Waals surface area contributed by atoms with Crippen LogP contribution < -0.4 is 5.73 Å². The summed E-state index contributed by atoms with van der Waals surface area (Å²) >= 11 is 0. The molecule has 0 fully saturated rings. The summed E-state index contributed by atoms with van der Waals surface area (Å²) in [5, 5.41) is 0. The number of nitrogens with zero attached hydrogens (tertiary/aromatic N) is 1. The Hall–Kier alpha value is -1.35. The highest BCUT2D eigenvalue weighted by Gasteiger charge is 2.29. The second-order valence-electron chi connectivity index (χ2n) is 5.05. The summed E-state index contributed by atoms with van der Waals surface area (Å²) in [5.41, 5.74) is 8.57. The zero-order chi connectivity index (χ0) is 13.1. The Morgan fingerprint density at radius 1 is 1.50 bits per heavy atom. The number of carbonyl (C=O) groups is 1. The predicted octanol–water partition coefficient (Wildman–Crippen LogP) is 2.26. The molecule has 2 unspecified atom stereocenters. The van der Waals surface area contributed by atoms with Crippen molar-refractivity contribution in [2.45, 2.75) is 45.2 Å². The van der Waals surface area contributed by atoms with Crippen molar-refractivity contribution in [3.8, 4) is 0 Å². The van der Waals surface area contributed by atoms with E-state index in [1.165, 1.54) is 11.1 Å². The minimum absolute atomic E-state index is 0.0962. The average Bonchev–Trinajstić information content (AvgIpc) is 2.39.